The molecule has 3 amide bonds. The number of nitrogens with one attached hydrogen (secondary N) is 1. The van der Waals surface area contributed by atoms with Crippen LogP contribution in [-0.4, -0.2) is 17.7 Å². The molecule has 1 N–H and O–H groups in total. The van der Waals surface area contributed by atoms with Crippen LogP contribution in [0.5, 0.6) is 0 Å². The molecule has 6 rings (SSSR count). The molecule has 1 saturated heterocycles. The number of imide groups is 1. The molecule has 3 aromatic rings. The van der Waals surface area contributed by atoms with Crippen LogP contribution in [0.3, 0.4) is 0 Å². The highest BCUT2D eigenvalue weighted by molar-refractivity contribution is 6.22. The molecule has 1 aliphatic heterocycles. The predicted molar refractivity (Wildman–Crippen MR) is 130 cm³/mol. The van der Waals surface area contributed by atoms with Crippen LogP contribution in [-0.2, 0) is 9.59 Å². The number of anilines is 2. The third-order valence-corrected chi connectivity index (χ3v) is 8.02. The number of hydrogen-bond acceptors (Lipinski definition) is 3. The van der Waals surface area contributed by atoms with Gasteiger partial charge in [0.15, 0.2) is 0 Å². The van der Waals surface area contributed by atoms with E-state index in [9.17, 15) is 14.4 Å². The third-order valence-electron chi connectivity index (χ3n) is 8.02. The maximum absolute atomic E-state index is 13.5. The minimum Gasteiger partial charge on any atom is -0.322 e. The van der Waals surface area contributed by atoms with Crippen molar-refractivity contribution in [3.8, 4) is 0 Å². The van der Waals surface area contributed by atoms with Crippen LogP contribution < -0.4 is 10.2 Å². The molecule has 0 spiro atoms. The van der Waals surface area contributed by atoms with Crippen LogP contribution in [0, 0.1) is 30.6 Å². The molecule has 3 aromatic carbocycles. The van der Waals surface area contributed by atoms with E-state index in [1.165, 1.54) is 10.5 Å². The molecule has 1 heterocycles. The summed E-state index contributed by atoms with van der Waals surface area (Å²) in [6.45, 7) is 1.94. The number of amides is 3. The van der Waals surface area contributed by atoms with E-state index in [4.69, 9.17) is 0 Å². The first-order chi connectivity index (χ1) is 16.5. The monoisotopic (exact) mass is 450 g/mol. The summed E-state index contributed by atoms with van der Waals surface area (Å²) in [5.41, 5.74) is 4.05. The Hall–Kier alpha value is -3.73. The van der Waals surface area contributed by atoms with E-state index < -0.39 is 0 Å². The topological polar surface area (TPSA) is 66.5 Å². The Morgan fingerprint density at radius 3 is 2.24 bits per heavy atom. The van der Waals surface area contributed by atoms with Crippen molar-refractivity contribution in [2.45, 2.75) is 25.7 Å². The van der Waals surface area contributed by atoms with Crippen molar-refractivity contribution in [1.82, 2.24) is 0 Å². The fraction of sp³-hybridized carbons (Fsp3) is 0.276. The Morgan fingerprint density at radius 1 is 0.824 bits per heavy atom. The largest absolute Gasteiger partial charge is 0.322 e. The van der Waals surface area contributed by atoms with Gasteiger partial charge in [-0.05, 0) is 79.0 Å². The quantitative estimate of drug-likeness (QED) is 0.557. The predicted octanol–water partition coefficient (Wildman–Crippen LogP) is 5.18. The van der Waals surface area contributed by atoms with Gasteiger partial charge in [-0.2, -0.15) is 0 Å². The van der Waals surface area contributed by atoms with Crippen molar-refractivity contribution in [2.75, 3.05) is 10.2 Å². The summed E-state index contributed by atoms with van der Waals surface area (Å²) >= 11 is 0. The standard InChI is InChI=1S/C29H26N2O3/c1-17-7-5-6-10-24(17)30-27(32)19-11-13-21(14-12-19)31-28(33)25-20-15-22(18-8-3-2-4-9-18)23(16-20)26(25)29(31)34/h2-14,20,22-23,25-26H,15-16H2,1H3,(H,30,32). The fourth-order valence-electron chi connectivity index (χ4n) is 6.47. The van der Waals surface area contributed by atoms with Crippen molar-refractivity contribution in [2.24, 2.45) is 23.7 Å². The Morgan fingerprint density at radius 2 is 1.50 bits per heavy atom. The molecule has 5 unspecified atom stereocenters. The lowest BCUT2D eigenvalue weighted by atomic mass is 9.73. The van der Waals surface area contributed by atoms with Gasteiger partial charge in [0.25, 0.3) is 5.91 Å². The van der Waals surface area contributed by atoms with Gasteiger partial charge in [0, 0.05) is 11.3 Å². The van der Waals surface area contributed by atoms with Crippen molar-refractivity contribution in [3.05, 3.63) is 95.6 Å². The minimum atomic E-state index is -0.236. The Kier molecular flexibility index (Phi) is 4.87. The molecular weight excluding hydrogens is 424 g/mol. The summed E-state index contributed by atoms with van der Waals surface area (Å²) in [4.78, 5) is 40.9. The highest BCUT2D eigenvalue weighted by Gasteiger charge is 2.64. The smallest absolute Gasteiger partial charge is 0.255 e. The van der Waals surface area contributed by atoms with Crippen molar-refractivity contribution >= 4 is 29.1 Å². The summed E-state index contributed by atoms with van der Waals surface area (Å²) < 4.78 is 0. The van der Waals surface area contributed by atoms with E-state index in [-0.39, 0.29) is 41.4 Å². The first kappa shape index (κ1) is 20.8. The molecule has 0 radical (unpaired) electrons. The third kappa shape index (κ3) is 3.18. The van der Waals surface area contributed by atoms with Gasteiger partial charge >= 0.3 is 0 Å². The molecule has 5 heteroatoms. The maximum atomic E-state index is 13.5. The maximum Gasteiger partial charge on any atom is 0.255 e. The lowest BCUT2D eigenvalue weighted by Crippen LogP contribution is -2.33. The number of benzene rings is 3. The van der Waals surface area contributed by atoms with Crippen molar-refractivity contribution in [1.29, 1.82) is 0 Å². The number of carbonyl (C=O) groups is 3. The number of hydrogen-bond donors (Lipinski definition) is 1. The second kappa shape index (κ2) is 7.94. The molecule has 3 fully saturated rings. The van der Waals surface area contributed by atoms with Gasteiger partial charge in [0.2, 0.25) is 11.8 Å². The summed E-state index contributed by atoms with van der Waals surface area (Å²) in [6.07, 6.45) is 1.93. The van der Waals surface area contributed by atoms with Gasteiger partial charge in [-0.3, -0.25) is 19.3 Å². The van der Waals surface area contributed by atoms with Gasteiger partial charge in [0.1, 0.15) is 0 Å². The minimum absolute atomic E-state index is 0.0777. The lowest BCUT2D eigenvalue weighted by Gasteiger charge is -2.28. The molecule has 34 heavy (non-hydrogen) atoms. The Labute approximate surface area is 198 Å². The van der Waals surface area contributed by atoms with Crippen LogP contribution in [0.15, 0.2) is 78.9 Å². The summed E-state index contributed by atoms with van der Waals surface area (Å²) in [7, 11) is 0. The normalized spacial score (nSPS) is 27.2. The molecule has 2 saturated carbocycles. The van der Waals surface area contributed by atoms with Crippen LogP contribution in [0.2, 0.25) is 0 Å². The zero-order valence-electron chi connectivity index (χ0n) is 19.0. The summed E-state index contributed by atoms with van der Waals surface area (Å²) in [5, 5.41) is 2.92. The molecule has 0 aromatic heterocycles. The van der Waals surface area contributed by atoms with Crippen LogP contribution in [0.4, 0.5) is 11.4 Å². The van der Waals surface area contributed by atoms with Gasteiger partial charge in [-0.1, -0.05) is 48.5 Å². The number of rotatable bonds is 4. The average Bonchev–Trinajstić information content (AvgIpc) is 3.52. The number of para-hydroxylation sites is 1. The zero-order valence-corrected chi connectivity index (χ0v) is 19.0. The molecule has 170 valence electrons. The SMILES string of the molecule is Cc1ccccc1NC(=O)c1ccc(N2C(=O)C3C4CC(c5ccccc5)C(C4)C3C2=O)cc1. The molecule has 3 aliphatic rings. The van der Waals surface area contributed by atoms with Crippen LogP contribution in [0.1, 0.15) is 40.2 Å². The van der Waals surface area contributed by atoms with Gasteiger partial charge in [-0.25, -0.2) is 0 Å². The van der Waals surface area contributed by atoms with E-state index in [1.807, 2.05) is 49.4 Å². The average molecular weight is 451 g/mol. The highest BCUT2D eigenvalue weighted by Crippen LogP contribution is 2.61. The number of carbonyl (C=O) groups excluding carboxylic acids is 3. The van der Waals surface area contributed by atoms with Crippen LogP contribution in [0.25, 0.3) is 0 Å². The zero-order chi connectivity index (χ0) is 23.4. The first-order valence-electron chi connectivity index (χ1n) is 11.9. The van der Waals surface area contributed by atoms with Gasteiger partial charge < -0.3 is 5.32 Å². The molecule has 5 nitrogen and oxygen atoms in total. The number of aryl methyl sites for hydroxylation is 1. The van der Waals surface area contributed by atoms with E-state index >= 15 is 0 Å². The second-order valence-corrected chi connectivity index (χ2v) is 9.79. The first-order valence-corrected chi connectivity index (χ1v) is 11.9. The Balaban J connectivity index is 1.22. The number of nitrogens with zero attached hydrogens (tertiary/aromatic N) is 1. The molecule has 5 atom stereocenters. The van der Waals surface area contributed by atoms with Crippen molar-refractivity contribution < 1.29 is 14.4 Å². The lowest BCUT2D eigenvalue weighted by molar-refractivity contribution is -0.123. The highest BCUT2D eigenvalue weighted by atomic mass is 16.2. The van der Waals surface area contributed by atoms with E-state index in [0.29, 0.717) is 17.2 Å². The van der Waals surface area contributed by atoms with E-state index in [2.05, 4.69) is 17.4 Å². The summed E-state index contributed by atoms with van der Waals surface area (Å²) in [5.74, 6) is 0.00406. The van der Waals surface area contributed by atoms with Crippen LogP contribution >= 0.6 is 0 Å². The van der Waals surface area contributed by atoms with Gasteiger partial charge in [-0.15, -0.1) is 0 Å². The molecule has 2 aliphatic carbocycles. The summed E-state index contributed by atoms with van der Waals surface area (Å²) in [6, 6.07) is 24.8. The van der Waals surface area contributed by atoms with E-state index in [1.54, 1.807) is 24.3 Å². The van der Waals surface area contributed by atoms with Gasteiger partial charge in [0.05, 0.1) is 17.5 Å². The fourth-order valence-corrected chi connectivity index (χ4v) is 6.47. The Bertz CT molecular complexity index is 1280. The molecule has 2 bridgehead atoms. The van der Waals surface area contributed by atoms with E-state index in [0.717, 1.165) is 24.1 Å². The molecular formula is C29H26N2O3. The van der Waals surface area contributed by atoms with Crippen molar-refractivity contribution in [3.63, 3.8) is 0 Å². The second-order valence-electron chi connectivity index (χ2n) is 9.79. The number of fused-ring (bicyclic) bond motifs is 5.